The minimum absolute atomic E-state index is 0.0638. The fourth-order valence-electron chi connectivity index (χ4n) is 16.1. The molecule has 18 atom stereocenters. The first-order valence-electron chi connectivity index (χ1n) is 42.6. The number of oxazole rings is 1. The minimum atomic E-state index is -2.19. The summed E-state index contributed by atoms with van der Waals surface area (Å²) >= 11 is 15.6. The van der Waals surface area contributed by atoms with E-state index in [1.54, 1.807) is 6.92 Å². The number of fused-ring (bicyclic) bond motifs is 8. The lowest BCUT2D eigenvalue weighted by Gasteiger charge is -2.48. The van der Waals surface area contributed by atoms with Gasteiger partial charge in [-0.2, -0.15) is 0 Å². The van der Waals surface area contributed by atoms with Crippen molar-refractivity contribution in [2.24, 2.45) is 17.4 Å². The fourth-order valence-corrected chi connectivity index (χ4v) is 17.4. The van der Waals surface area contributed by atoms with Crippen LogP contribution in [0.25, 0.3) is 33.7 Å². The van der Waals surface area contributed by atoms with E-state index >= 15 is 9.59 Å². The van der Waals surface area contributed by atoms with Gasteiger partial charge in [-0.25, -0.2) is 9.78 Å². The Hall–Kier alpha value is -11.2. The number of carboxylic acids is 1. The normalized spacial score (nSPS) is 23.7. The number of primary amides is 2. The largest absolute Gasteiger partial charge is 0.508 e. The Morgan fingerprint density at radius 3 is 2.05 bits per heavy atom. The van der Waals surface area contributed by atoms with E-state index in [4.69, 9.17) is 72.5 Å². The summed E-state index contributed by atoms with van der Waals surface area (Å²) in [6, 6.07) is 22.5. The number of aliphatic carboxylic acids is 1. The number of aliphatic hydroxyl groups excluding tert-OH is 5. The molecule has 5 aliphatic heterocycles. The van der Waals surface area contributed by atoms with Crippen LogP contribution in [0.1, 0.15) is 170 Å². The SMILES string of the molecule is CCCCCCCCCCNC1(C)CC(OC2C(Oc3c4cc(cc3Oc3ccc([C@@H](O)[C@@H](NC(=O)[C@H](CC(C)C)NC)C(=O)N[C@@H](CC(N)=O)C(N)=O)cc3Cl)[C@@H](C)C(=O)N[C@H]3C(=O)NC(C(=O)N[C@@H](C(=O)O)c5cc(O)cc(O)c5-c5cc3ccc5O)[C@H](O)c3ccc(c(Cl)c3)O4)OC(CSc3nc(-c4ccccc4)c(-c4ccccc4)o3)C(O)C2O)OC(C)C1O. The molecule has 0 aliphatic carbocycles. The van der Waals surface area contributed by atoms with Gasteiger partial charge < -0.3 is 127 Å². The molecular formula is C92H108Cl2N10O24S. The quantitative estimate of drug-likeness (QED) is 0.0132. The third-order valence-corrected chi connectivity index (χ3v) is 24.7. The minimum Gasteiger partial charge on any atom is -0.508 e. The zero-order valence-corrected chi connectivity index (χ0v) is 74.1. The van der Waals surface area contributed by atoms with Crippen LogP contribution in [-0.2, 0) is 52.6 Å². The summed E-state index contributed by atoms with van der Waals surface area (Å²) < 4.78 is 47.7. The molecule has 34 nitrogen and oxygen atoms in total. The number of thioether (sulfide) groups is 1. The molecule has 2 saturated heterocycles. The molecule has 8 aromatic rings. The molecule has 8 bridgehead atoms. The van der Waals surface area contributed by atoms with E-state index in [-0.39, 0.29) is 79.1 Å². The highest BCUT2D eigenvalue weighted by atomic mass is 35.5. The Kier molecular flexibility index (Phi) is 32.3. The Morgan fingerprint density at radius 2 is 1.40 bits per heavy atom. The van der Waals surface area contributed by atoms with Gasteiger partial charge in [-0.15, -0.1) is 0 Å². The number of halogens is 2. The van der Waals surface area contributed by atoms with Crippen LogP contribution >= 0.6 is 35.0 Å². The van der Waals surface area contributed by atoms with Gasteiger partial charge in [0.05, 0.1) is 46.7 Å². The van der Waals surface area contributed by atoms with E-state index in [1.165, 1.54) is 56.4 Å². The average Bonchev–Trinajstić information content (AvgIpc) is 1.35. The van der Waals surface area contributed by atoms with Crippen molar-refractivity contribution >= 4 is 82.3 Å². The number of phenols is 3. The van der Waals surface area contributed by atoms with Crippen molar-refractivity contribution in [1.29, 1.82) is 0 Å². The number of carbonyl (C=O) groups excluding carboxylic acids is 7. The maximum Gasteiger partial charge on any atom is 0.330 e. The summed E-state index contributed by atoms with van der Waals surface area (Å²) in [7, 11) is 1.50. The Balaban J connectivity index is 1.01. The number of nitrogens with zero attached hydrogens (tertiary/aromatic N) is 1. The van der Waals surface area contributed by atoms with E-state index in [2.05, 4.69) is 44.1 Å². The number of rotatable bonds is 34. The summed E-state index contributed by atoms with van der Waals surface area (Å²) in [6.07, 6.45) is -8.85. The van der Waals surface area contributed by atoms with Crippen molar-refractivity contribution in [2.75, 3.05) is 19.3 Å². The molecule has 5 aliphatic rings. The molecule has 13 rings (SSSR count). The zero-order valence-electron chi connectivity index (χ0n) is 71.8. The number of unbranched alkanes of at least 4 members (excludes halogenated alkanes) is 7. The summed E-state index contributed by atoms with van der Waals surface area (Å²) in [6.45, 7) is 11.2. The van der Waals surface area contributed by atoms with E-state index < -0.39 is 208 Å². The molecule has 129 heavy (non-hydrogen) atoms. The maximum atomic E-state index is 15.7. The topological polar surface area (TPSA) is 536 Å². The predicted molar refractivity (Wildman–Crippen MR) is 473 cm³/mol. The first-order chi connectivity index (χ1) is 61.5. The van der Waals surface area contributed by atoms with Gasteiger partial charge in [-0.3, -0.25) is 33.6 Å². The van der Waals surface area contributed by atoms with Crippen molar-refractivity contribution in [1.82, 2.24) is 42.2 Å². The van der Waals surface area contributed by atoms with Crippen LogP contribution in [0.2, 0.25) is 10.0 Å². The maximum absolute atomic E-state index is 15.7. The number of likely N-dealkylation sites (N-methyl/N-ethyl adjacent to an activating group) is 1. The van der Waals surface area contributed by atoms with Gasteiger partial charge in [-0.1, -0.05) is 180 Å². The van der Waals surface area contributed by atoms with E-state index in [0.29, 0.717) is 29.1 Å². The molecular weight excluding hydrogens is 1730 g/mol. The second-order valence-corrected chi connectivity index (χ2v) is 35.0. The lowest BCUT2D eigenvalue weighted by molar-refractivity contribution is -0.330. The molecule has 0 spiro atoms. The molecule has 6 heterocycles. The van der Waals surface area contributed by atoms with Gasteiger partial charge in [0.15, 0.2) is 35.7 Å². The van der Waals surface area contributed by atoms with E-state index in [9.17, 15) is 74.7 Å². The summed E-state index contributed by atoms with van der Waals surface area (Å²) in [5.74, 6) is -15.0. The Bertz CT molecular complexity index is 5310. The third-order valence-electron chi connectivity index (χ3n) is 23.2. The van der Waals surface area contributed by atoms with Crippen LogP contribution < -0.4 is 62.9 Å². The van der Waals surface area contributed by atoms with Crippen LogP contribution in [0.3, 0.4) is 0 Å². The number of aromatic hydroxyl groups is 3. The van der Waals surface area contributed by atoms with Crippen molar-refractivity contribution in [2.45, 2.75) is 227 Å². The van der Waals surface area contributed by atoms with Gasteiger partial charge in [0.2, 0.25) is 53.4 Å². The van der Waals surface area contributed by atoms with Crippen LogP contribution in [0.5, 0.6) is 46.0 Å². The molecule has 0 radical (unpaired) electrons. The number of hydrogen-bond acceptors (Lipinski definition) is 27. The highest BCUT2D eigenvalue weighted by Crippen LogP contribution is 2.51. The lowest BCUT2D eigenvalue weighted by Crippen LogP contribution is -2.65. The molecule has 7 amide bonds. The van der Waals surface area contributed by atoms with Gasteiger partial charge >= 0.3 is 5.97 Å². The van der Waals surface area contributed by atoms with Crippen molar-refractivity contribution in [3.63, 3.8) is 0 Å². The number of aliphatic hydroxyl groups is 5. The first kappa shape index (κ1) is 96.9. The predicted octanol–water partition coefficient (Wildman–Crippen LogP) is 9.42. The Morgan fingerprint density at radius 1 is 0.705 bits per heavy atom. The Labute approximate surface area is 757 Å². The van der Waals surface area contributed by atoms with Crippen LogP contribution in [-0.4, -0.2) is 197 Å². The average molecular weight is 1840 g/mol. The summed E-state index contributed by atoms with van der Waals surface area (Å²) in [4.78, 5) is 118. The molecule has 7 aromatic carbocycles. The molecule has 10 unspecified atom stereocenters. The van der Waals surface area contributed by atoms with Gasteiger partial charge in [0.1, 0.15) is 83.0 Å². The summed E-state index contributed by atoms with van der Waals surface area (Å²) in [5, 5.41) is 126. The summed E-state index contributed by atoms with van der Waals surface area (Å²) in [5.41, 5.74) is 9.88. The van der Waals surface area contributed by atoms with Crippen molar-refractivity contribution < 1.29 is 117 Å². The molecule has 2 fully saturated rings. The number of carbonyl (C=O) groups is 8. The number of nitrogens with two attached hydrogens (primary N) is 2. The third kappa shape index (κ3) is 23.2. The number of carboxylic acid groups (broad SMARTS) is 1. The van der Waals surface area contributed by atoms with Crippen molar-refractivity contribution in [3.8, 4) is 79.7 Å². The second-order valence-electron chi connectivity index (χ2n) is 33.2. The standard InChI is InChI=1S/C92H108Cl2N10O24S/c1-8-9-10-11-12-13-14-21-32-98-92(6)42-68(122-46(5)82(92)113)126-81-78(112)77(111)66(43-129-91-104-70(47-22-17-15-18-23-47)79(128-91)48-24-19-16-20-25-48)125-90(81)127-80-64(123-62-30-27-50(35-56(62)93)75(109)73(102-85(116)59(97-7)33-44(2)3)87(118)99-58(83(96)114)41-67(95)108)37-52-38-65(80)124-63-31-28-51(36-57(63)94)76(110)74-88(119)101-72(89(120)121)55-39-53(105)40-61(107)69(55)54-34-49(26-29-60(54)106)71(86(117)103-74)100-84(115)45(52)4/h15-20,22-31,34-40,44-46,58-59,66,68,71-78,81-82,90,97-98,105-107,109-113H,8-14,21,32-33,41-43H2,1-7H3,(H2,95,108)(H2,96,114)(H,99,118)(H,100,115)(H,101,119)(H,102,116)(H,103,117)(H,120,121)/t45-,46?,58+,59+,66?,68?,71-,72-,73-,74?,75-,76-,77?,78?,81?,82?,90?,92?/m1/s1. The first-order valence-corrected chi connectivity index (χ1v) is 44.3. The zero-order chi connectivity index (χ0) is 93.0. The number of ether oxygens (including phenoxy) is 6. The molecule has 1 aromatic heterocycles. The van der Waals surface area contributed by atoms with E-state index in [0.717, 1.165) is 99.5 Å². The number of hydrogen-bond donors (Lipinski definition) is 18. The second kappa shape index (κ2) is 43.0. The highest BCUT2D eigenvalue weighted by Gasteiger charge is 2.52. The highest BCUT2D eigenvalue weighted by molar-refractivity contribution is 7.99. The lowest BCUT2D eigenvalue weighted by atomic mass is 9.85. The van der Waals surface area contributed by atoms with Gasteiger partial charge in [0.25, 0.3) is 5.22 Å². The number of phenolic OH excluding ortho intramolecular Hbond substituents is 3. The monoisotopic (exact) mass is 1840 g/mol. The molecule has 690 valence electrons. The number of benzene rings is 7. The molecule has 20 N–H and O–H groups in total. The number of amides is 7. The molecule has 37 heteroatoms. The van der Waals surface area contributed by atoms with Crippen molar-refractivity contribution in [3.05, 3.63) is 177 Å². The van der Waals surface area contributed by atoms with Crippen LogP contribution in [0, 0.1) is 5.92 Å². The van der Waals surface area contributed by atoms with Gasteiger partial charge in [0, 0.05) is 51.6 Å². The fraction of sp³-hybridized carbons (Fsp3) is 0.424. The smallest absolute Gasteiger partial charge is 0.330 e. The molecule has 0 saturated carbocycles. The van der Waals surface area contributed by atoms with Crippen LogP contribution in [0.4, 0.5) is 0 Å². The van der Waals surface area contributed by atoms with Crippen LogP contribution in [0.15, 0.2) is 149 Å². The number of aromatic nitrogens is 1. The number of nitrogens with one attached hydrogen (secondary N) is 7. The van der Waals surface area contributed by atoms with Gasteiger partial charge in [-0.05, 0) is 130 Å². The van der Waals surface area contributed by atoms with E-state index in [1.807, 2.05) is 81.4 Å².